The summed E-state index contributed by atoms with van der Waals surface area (Å²) in [7, 11) is -1.45. The molecule has 0 spiro atoms. The van der Waals surface area contributed by atoms with Crippen LogP contribution in [0.3, 0.4) is 0 Å². The molecule has 0 atom stereocenters. The highest BCUT2D eigenvalue weighted by atomic mass is 79.9. The van der Waals surface area contributed by atoms with Gasteiger partial charge < -0.3 is 36.6 Å². The largest absolute Gasteiger partial charge is 0.488 e. The number of halogens is 3. The van der Waals surface area contributed by atoms with Crippen LogP contribution in [0.2, 0.25) is 0 Å². The van der Waals surface area contributed by atoms with Crippen LogP contribution in [0.15, 0.2) is 222 Å². The molecule has 8 nitrogen and oxygen atoms in total. The van der Waals surface area contributed by atoms with Crippen molar-refractivity contribution in [1.29, 1.82) is 0 Å². The van der Waals surface area contributed by atoms with E-state index in [0.29, 0.717) is 5.46 Å². The van der Waals surface area contributed by atoms with Gasteiger partial charge in [-0.2, -0.15) is 0 Å². The summed E-state index contributed by atoms with van der Waals surface area (Å²) in [5.41, 5.74) is 13.1. The van der Waals surface area contributed by atoms with E-state index in [0.717, 1.165) is 156 Å². The molecule has 344 valence electrons. The summed E-state index contributed by atoms with van der Waals surface area (Å²) >= 11 is 10.6. The Hall–Kier alpha value is -7.58. The molecule has 0 aliphatic rings. The second kappa shape index (κ2) is 16.8. The Morgan fingerprint density at radius 1 is 0.250 bits per heavy atom. The number of benzene rings is 10. The van der Waals surface area contributed by atoms with Crippen LogP contribution in [0.4, 0.5) is 0 Å². The quantitative estimate of drug-likeness (QED) is 0.164. The summed E-state index contributed by atoms with van der Waals surface area (Å²) in [4.78, 5) is 0. The molecule has 10 aromatic carbocycles. The van der Waals surface area contributed by atoms with Gasteiger partial charge in [-0.25, -0.2) is 0 Å². The number of para-hydroxylation sites is 2. The van der Waals surface area contributed by atoms with Gasteiger partial charge in [-0.15, -0.1) is 0 Å². The molecule has 0 saturated carbocycles. The van der Waals surface area contributed by atoms with Crippen molar-refractivity contribution >= 4 is 192 Å². The molecule has 0 radical (unpaired) electrons. The maximum atomic E-state index is 9.12. The molecule has 16 rings (SSSR count). The van der Waals surface area contributed by atoms with E-state index in [1.807, 2.05) is 78.9 Å². The lowest BCUT2D eigenvalue weighted by Crippen LogP contribution is -2.29. The fraction of sp³-hybridized carbons (Fsp3) is 0. The highest BCUT2D eigenvalue weighted by molar-refractivity contribution is 9.11. The van der Waals surface area contributed by atoms with Gasteiger partial charge in [-0.05, 0) is 138 Å². The van der Waals surface area contributed by atoms with E-state index in [4.69, 9.17) is 36.6 Å². The predicted molar refractivity (Wildman–Crippen MR) is 301 cm³/mol. The molecule has 0 saturated heterocycles. The summed E-state index contributed by atoms with van der Waals surface area (Å²) in [6.07, 6.45) is 0. The molecule has 16 aromatic rings. The molecule has 2 N–H and O–H groups in total. The minimum Gasteiger partial charge on any atom is -0.456 e. The second-order valence-electron chi connectivity index (χ2n) is 17.8. The summed E-state index contributed by atoms with van der Waals surface area (Å²) < 4.78 is 39.1. The van der Waals surface area contributed by atoms with Crippen LogP contribution in [0.5, 0.6) is 0 Å². The highest BCUT2D eigenvalue weighted by Gasteiger charge is 2.18. The average molecular weight is 1130 g/mol. The van der Waals surface area contributed by atoms with Crippen LogP contribution in [0.25, 0.3) is 143 Å². The molecule has 72 heavy (non-hydrogen) atoms. The van der Waals surface area contributed by atoms with E-state index >= 15 is 0 Å². The van der Waals surface area contributed by atoms with Crippen molar-refractivity contribution in [3.8, 4) is 11.1 Å². The molecular weight excluding hydrogens is 1100 g/mol. The van der Waals surface area contributed by atoms with E-state index in [1.54, 1.807) is 18.2 Å². The maximum Gasteiger partial charge on any atom is 0.488 e. The van der Waals surface area contributed by atoms with Gasteiger partial charge >= 0.3 is 7.12 Å². The Bertz CT molecular complexity index is 4760. The van der Waals surface area contributed by atoms with Crippen molar-refractivity contribution in [2.24, 2.45) is 0 Å². The van der Waals surface area contributed by atoms with E-state index < -0.39 is 7.12 Å². The van der Waals surface area contributed by atoms with Gasteiger partial charge in [0.15, 0.2) is 0 Å². The molecule has 0 amide bonds. The molecule has 0 aliphatic heterocycles. The Morgan fingerprint density at radius 3 is 0.917 bits per heavy atom. The highest BCUT2D eigenvalue weighted by Crippen LogP contribution is 2.41. The van der Waals surface area contributed by atoms with Gasteiger partial charge in [-0.1, -0.05) is 108 Å². The molecular formula is C60H32BBr3O8. The molecule has 0 aliphatic carbocycles. The van der Waals surface area contributed by atoms with Crippen molar-refractivity contribution in [2.45, 2.75) is 0 Å². The Labute approximate surface area is 432 Å². The van der Waals surface area contributed by atoms with E-state index in [1.165, 1.54) is 0 Å². The van der Waals surface area contributed by atoms with Crippen molar-refractivity contribution < 1.29 is 36.6 Å². The van der Waals surface area contributed by atoms with Gasteiger partial charge in [0.05, 0.1) is 0 Å². The van der Waals surface area contributed by atoms with Crippen LogP contribution >= 0.6 is 47.8 Å². The van der Waals surface area contributed by atoms with Crippen LogP contribution < -0.4 is 5.46 Å². The summed E-state index contributed by atoms with van der Waals surface area (Å²) in [6.45, 7) is 0. The van der Waals surface area contributed by atoms with Crippen LogP contribution in [-0.4, -0.2) is 17.2 Å². The van der Waals surface area contributed by atoms with Gasteiger partial charge in [-0.3, -0.25) is 0 Å². The Kier molecular flexibility index (Phi) is 10.1. The minimum atomic E-state index is -1.45. The van der Waals surface area contributed by atoms with Crippen molar-refractivity contribution in [1.82, 2.24) is 0 Å². The Balaban J connectivity index is 0.000000109. The van der Waals surface area contributed by atoms with Gasteiger partial charge in [0, 0.05) is 78.1 Å². The minimum absolute atomic E-state index is 0.471. The lowest BCUT2D eigenvalue weighted by molar-refractivity contribution is 0.426. The predicted octanol–water partition coefficient (Wildman–Crippen LogP) is 18.1. The van der Waals surface area contributed by atoms with Crippen molar-refractivity contribution in [3.05, 3.63) is 195 Å². The molecule has 0 unspecified atom stereocenters. The van der Waals surface area contributed by atoms with Gasteiger partial charge in [0.2, 0.25) is 0 Å². The monoisotopic (exact) mass is 1130 g/mol. The summed E-state index contributed by atoms with van der Waals surface area (Å²) in [6, 6.07) is 60.2. The first-order chi connectivity index (χ1) is 35.1. The van der Waals surface area contributed by atoms with E-state index in [2.05, 4.69) is 133 Å². The molecule has 12 heteroatoms. The lowest BCUT2D eigenvalue weighted by Gasteiger charge is -2.02. The number of hydrogen-bond donors (Lipinski definition) is 2. The Morgan fingerprint density at radius 2 is 0.528 bits per heavy atom. The van der Waals surface area contributed by atoms with Gasteiger partial charge in [0.1, 0.15) is 67.0 Å². The summed E-state index contributed by atoms with van der Waals surface area (Å²) in [5, 5.41) is 31.0. The first-order valence-corrected chi connectivity index (χ1v) is 25.3. The zero-order chi connectivity index (χ0) is 48.4. The number of fused-ring (bicyclic) bond motifs is 18. The zero-order valence-corrected chi connectivity index (χ0v) is 42.1. The molecule has 0 fully saturated rings. The number of rotatable bonds is 2. The van der Waals surface area contributed by atoms with Crippen LogP contribution in [-0.2, 0) is 0 Å². The topological polar surface area (TPSA) is 119 Å². The smallest absolute Gasteiger partial charge is 0.456 e. The first kappa shape index (κ1) is 43.2. The first-order valence-electron chi connectivity index (χ1n) is 23.0. The third-order valence-corrected chi connectivity index (χ3v) is 14.9. The number of furan rings is 6. The van der Waals surface area contributed by atoms with E-state index in [-0.39, 0.29) is 0 Å². The fourth-order valence-electron chi connectivity index (χ4n) is 10.00. The molecule has 6 heterocycles. The summed E-state index contributed by atoms with van der Waals surface area (Å²) in [5.74, 6) is 0. The van der Waals surface area contributed by atoms with Crippen molar-refractivity contribution in [3.63, 3.8) is 0 Å². The average Bonchev–Trinajstić information content (AvgIpc) is 4.25. The van der Waals surface area contributed by atoms with E-state index in [9.17, 15) is 0 Å². The molecule has 6 aromatic heterocycles. The van der Waals surface area contributed by atoms with Crippen LogP contribution in [0.1, 0.15) is 0 Å². The van der Waals surface area contributed by atoms with Crippen LogP contribution in [0, 0.1) is 0 Å². The van der Waals surface area contributed by atoms with Crippen molar-refractivity contribution in [2.75, 3.05) is 0 Å². The maximum absolute atomic E-state index is 9.12. The third kappa shape index (κ3) is 7.24. The second-order valence-corrected chi connectivity index (χ2v) is 20.5. The standard InChI is InChI=1S/C30H15BrO3.C18H8Br2O2.C12H9BO3/c31-18-7-10-28-22(13-18)24-15-29-23(14-30(24)34-28)21-12-17(6-9-27(21)33-29)16-5-8-26-20(11-16)19-3-1-2-4-25(19)32-26;19-9-1-3-15-11(5-9)13-7-18-14(8-17(13)21-15)12-6-10(20)2-4-16(12)22-18;14-13(15)8-5-6-12-10(7-8)9-3-1-2-4-11(9)16-12/h1-15H;1-8H;1-7,14-15H. The lowest BCUT2D eigenvalue weighted by atomic mass is 9.80. The van der Waals surface area contributed by atoms with Gasteiger partial charge in [0.25, 0.3) is 0 Å². The third-order valence-electron chi connectivity index (χ3n) is 13.4. The SMILES string of the molecule is Brc1ccc2oc3cc4c(cc3c2c1)oc1ccc(-c2ccc3oc5ccccc5c3c2)cc14.Brc1ccc2oc3cc4c(cc3c2c1)oc1ccc(Br)cc14.OB(O)c1ccc2oc3ccccc3c2c1. The molecule has 0 bridgehead atoms. The normalized spacial score (nSPS) is 12.0. The number of hydrogen-bond acceptors (Lipinski definition) is 8. The zero-order valence-electron chi connectivity index (χ0n) is 37.4. The fourth-order valence-corrected chi connectivity index (χ4v) is 11.1.